The Kier molecular flexibility index (Phi) is 4.44. The van der Waals surface area contributed by atoms with Crippen LogP contribution in [0.15, 0.2) is 47.5 Å². The van der Waals surface area contributed by atoms with E-state index in [-0.39, 0.29) is 4.90 Å². The van der Waals surface area contributed by atoms with E-state index in [1.165, 1.54) is 19.2 Å². The lowest BCUT2D eigenvalue weighted by molar-refractivity contribution is 0.588. The number of benzene rings is 1. The summed E-state index contributed by atoms with van der Waals surface area (Å²) in [5.74, 6) is 0. The largest absolute Gasteiger partial charge is 0.397 e. The summed E-state index contributed by atoms with van der Waals surface area (Å²) in [4.78, 5) is 6.33. The van der Waals surface area contributed by atoms with Gasteiger partial charge >= 0.3 is 0 Å². The van der Waals surface area contributed by atoms with Crippen LogP contribution in [0.2, 0.25) is 0 Å². The normalized spacial score (nSPS) is 11.3. The van der Waals surface area contributed by atoms with Gasteiger partial charge in [0.1, 0.15) is 0 Å². The minimum absolute atomic E-state index is 0.150. The molecule has 0 fully saturated rings. The SMILES string of the molecule is CNS(=O)(=O)c1ccc(N(C)Cc2ccccn2)c(N)c1. The minimum Gasteiger partial charge on any atom is -0.397 e. The Morgan fingerprint density at radius 1 is 1.29 bits per heavy atom. The fraction of sp³-hybridized carbons (Fsp3) is 0.214. The van der Waals surface area contributed by atoms with Crippen molar-refractivity contribution in [2.75, 3.05) is 24.7 Å². The van der Waals surface area contributed by atoms with Gasteiger partial charge in [0, 0.05) is 13.2 Å². The van der Waals surface area contributed by atoms with Crippen LogP contribution < -0.4 is 15.4 Å². The third-order valence-corrected chi connectivity index (χ3v) is 4.53. The summed E-state index contributed by atoms with van der Waals surface area (Å²) in [7, 11) is -0.234. The summed E-state index contributed by atoms with van der Waals surface area (Å²) >= 11 is 0. The van der Waals surface area contributed by atoms with E-state index in [0.717, 1.165) is 11.4 Å². The van der Waals surface area contributed by atoms with Crippen molar-refractivity contribution in [2.45, 2.75) is 11.4 Å². The molecule has 2 rings (SSSR count). The lowest BCUT2D eigenvalue weighted by Crippen LogP contribution is -2.21. The van der Waals surface area contributed by atoms with Gasteiger partial charge in [-0.1, -0.05) is 6.07 Å². The maximum absolute atomic E-state index is 11.7. The number of sulfonamides is 1. The summed E-state index contributed by atoms with van der Waals surface area (Å²) in [6.45, 7) is 0.586. The van der Waals surface area contributed by atoms with Crippen LogP contribution in [-0.2, 0) is 16.6 Å². The molecule has 0 radical (unpaired) electrons. The van der Waals surface area contributed by atoms with Crippen molar-refractivity contribution in [3.8, 4) is 0 Å². The van der Waals surface area contributed by atoms with Crippen molar-refractivity contribution in [1.29, 1.82) is 0 Å². The highest BCUT2D eigenvalue weighted by Gasteiger charge is 2.14. The van der Waals surface area contributed by atoms with Gasteiger partial charge in [-0.05, 0) is 37.4 Å². The Morgan fingerprint density at radius 3 is 2.62 bits per heavy atom. The van der Waals surface area contributed by atoms with Gasteiger partial charge in [-0.2, -0.15) is 0 Å². The van der Waals surface area contributed by atoms with Crippen molar-refractivity contribution < 1.29 is 8.42 Å². The lowest BCUT2D eigenvalue weighted by atomic mass is 10.2. The van der Waals surface area contributed by atoms with E-state index >= 15 is 0 Å². The number of hydrogen-bond acceptors (Lipinski definition) is 5. The highest BCUT2D eigenvalue weighted by atomic mass is 32.2. The van der Waals surface area contributed by atoms with Crippen LogP contribution in [-0.4, -0.2) is 27.5 Å². The van der Waals surface area contributed by atoms with Gasteiger partial charge in [-0.25, -0.2) is 13.1 Å². The van der Waals surface area contributed by atoms with Crippen molar-refractivity contribution in [3.63, 3.8) is 0 Å². The molecular weight excluding hydrogens is 288 g/mol. The predicted octanol–water partition coefficient (Wildman–Crippen LogP) is 1.21. The van der Waals surface area contributed by atoms with E-state index in [1.54, 1.807) is 12.3 Å². The predicted molar refractivity (Wildman–Crippen MR) is 83.4 cm³/mol. The second-order valence-corrected chi connectivity index (χ2v) is 6.49. The monoisotopic (exact) mass is 306 g/mol. The number of hydrogen-bond donors (Lipinski definition) is 2. The zero-order chi connectivity index (χ0) is 15.5. The maximum atomic E-state index is 11.7. The fourth-order valence-electron chi connectivity index (χ4n) is 1.99. The highest BCUT2D eigenvalue weighted by Crippen LogP contribution is 2.26. The summed E-state index contributed by atoms with van der Waals surface area (Å²) in [5, 5.41) is 0. The molecule has 0 aliphatic heterocycles. The third-order valence-electron chi connectivity index (χ3n) is 3.11. The summed E-state index contributed by atoms with van der Waals surface area (Å²) < 4.78 is 25.7. The Bertz CT molecular complexity index is 717. The molecule has 1 aromatic heterocycles. The summed E-state index contributed by atoms with van der Waals surface area (Å²) in [5.41, 5.74) is 8.05. The number of nitrogens with zero attached hydrogens (tertiary/aromatic N) is 2. The average Bonchev–Trinajstić information content (AvgIpc) is 2.48. The Balaban J connectivity index is 2.25. The third kappa shape index (κ3) is 3.50. The molecule has 3 N–H and O–H groups in total. The molecule has 0 aliphatic carbocycles. The van der Waals surface area contributed by atoms with Gasteiger partial charge in [-0.15, -0.1) is 0 Å². The second-order valence-electron chi connectivity index (χ2n) is 4.61. The molecule has 6 nitrogen and oxygen atoms in total. The molecule has 0 amide bonds. The van der Waals surface area contributed by atoms with Crippen LogP contribution in [0.5, 0.6) is 0 Å². The quantitative estimate of drug-likeness (QED) is 0.811. The molecule has 1 heterocycles. The second kappa shape index (κ2) is 6.11. The average molecular weight is 306 g/mol. The highest BCUT2D eigenvalue weighted by molar-refractivity contribution is 7.89. The molecule has 1 aromatic carbocycles. The molecular formula is C14H18N4O2S. The van der Waals surface area contributed by atoms with Gasteiger partial charge < -0.3 is 10.6 Å². The Hall–Kier alpha value is -2.12. The first-order chi connectivity index (χ1) is 9.94. The Labute approximate surface area is 124 Å². The van der Waals surface area contributed by atoms with Crippen LogP contribution >= 0.6 is 0 Å². The number of aromatic nitrogens is 1. The van der Waals surface area contributed by atoms with E-state index in [1.807, 2.05) is 30.1 Å². The topological polar surface area (TPSA) is 88.3 Å². The van der Waals surface area contributed by atoms with Crippen LogP contribution in [0, 0.1) is 0 Å². The van der Waals surface area contributed by atoms with Crippen LogP contribution in [0.3, 0.4) is 0 Å². The molecule has 0 unspecified atom stereocenters. The van der Waals surface area contributed by atoms with Crippen molar-refractivity contribution >= 4 is 21.4 Å². The van der Waals surface area contributed by atoms with E-state index in [9.17, 15) is 8.42 Å². The van der Waals surface area contributed by atoms with E-state index in [4.69, 9.17) is 5.73 Å². The van der Waals surface area contributed by atoms with E-state index < -0.39 is 10.0 Å². The van der Waals surface area contributed by atoms with Gasteiger partial charge in [-0.3, -0.25) is 4.98 Å². The zero-order valence-electron chi connectivity index (χ0n) is 11.9. The first-order valence-electron chi connectivity index (χ1n) is 6.38. The van der Waals surface area contributed by atoms with Crippen LogP contribution in [0.4, 0.5) is 11.4 Å². The summed E-state index contributed by atoms with van der Waals surface area (Å²) in [6.07, 6.45) is 1.73. The number of nitrogen functional groups attached to an aromatic ring is 1. The molecule has 0 saturated carbocycles. The smallest absolute Gasteiger partial charge is 0.240 e. The Morgan fingerprint density at radius 2 is 2.05 bits per heavy atom. The fourth-order valence-corrected chi connectivity index (χ4v) is 2.75. The standard InChI is InChI=1S/C14H18N4O2S/c1-16-21(19,20)12-6-7-14(13(15)9-12)18(2)10-11-5-3-4-8-17-11/h3-9,16H,10,15H2,1-2H3. The number of pyridine rings is 1. The first-order valence-corrected chi connectivity index (χ1v) is 7.86. The van der Waals surface area contributed by atoms with Crippen molar-refractivity contribution in [1.82, 2.24) is 9.71 Å². The number of rotatable bonds is 5. The van der Waals surface area contributed by atoms with Crippen LogP contribution in [0.1, 0.15) is 5.69 Å². The van der Waals surface area contributed by atoms with Crippen molar-refractivity contribution in [3.05, 3.63) is 48.3 Å². The minimum atomic E-state index is -3.48. The molecule has 0 spiro atoms. The molecule has 0 atom stereocenters. The molecule has 21 heavy (non-hydrogen) atoms. The molecule has 7 heteroatoms. The van der Waals surface area contributed by atoms with Crippen LogP contribution in [0.25, 0.3) is 0 Å². The van der Waals surface area contributed by atoms with Gasteiger partial charge in [0.2, 0.25) is 10.0 Å². The molecule has 0 aliphatic rings. The lowest BCUT2D eigenvalue weighted by Gasteiger charge is -2.21. The van der Waals surface area contributed by atoms with E-state index in [0.29, 0.717) is 12.2 Å². The maximum Gasteiger partial charge on any atom is 0.240 e. The van der Waals surface area contributed by atoms with Gasteiger partial charge in [0.15, 0.2) is 0 Å². The molecule has 0 bridgehead atoms. The number of nitrogens with one attached hydrogen (secondary N) is 1. The van der Waals surface area contributed by atoms with Gasteiger partial charge in [0.05, 0.1) is 28.5 Å². The molecule has 2 aromatic rings. The van der Waals surface area contributed by atoms with Crippen molar-refractivity contribution in [2.24, 2.45) is 0 Å². The molecule has 112 valence electrons. The first kappa shape index (κ1) is 15.3. The molecule has 0 saturated heterocycles. The number of anilines is 2. The number of nitrogens with two attached hydrogens (primary N) is 1. The zero-order valence-corrected chi connectivity index (χ0v) is 12.8. The van der Waals surface area contributed by atoms with Gasteiger partial charge in [0.25, 0.3) is 0 Å². The summed E-state index contributed by atoms with van der Waals surface area (Å²) in [6, 6.07) is 10.4. The van der Waals surface area contributed by atoms with E-state index in [2.05, 4.69) is 9.71 Å².